The predicted molar refractivity (Wildman–Crippen MR) is 69.4 cm³/mol. The summed E-state index contributed by atoms with van der Waals surface area (Å²) in [6.07, 6.45) is 0. The Kier molecular flexibility index (Phi) is 5.81. The maximum absolute atomic E-state index is 11.6. The van der Waals surface area contributed by atoms with Gasteiger partial charge in [0.2, 0.25) is 5.91 Å². The molecule has 0 spiro atoms. The van der Waals surface area contributed by atoms with Crippen molar-refractivity contribution in [2.24, 2.45) is 5.73 Å². The Bertz CT molecular complexity index is 431. The highest BCUT2D eigenvalue weighted by molar-refractivity contribution is 6.01. The number of nitrogens with one attached hydrogen (secondary N) is 1. The van der Waals surface area contributed by atoms with Crippen molar-refractivity contribution in [3.05, 3.63) is 29.8 Å². The number of rotatable bonds is 6. The number of carbonyl (C=O) groups excluding carboxylic acids is 2. The minimum absolute atomic E-state index is 0.193. The average molecular weight is 266 g/mol. The van der Waals surface area contributed by atoms with E-state index in [4.69, 9.17) is 10.5 Å². The maximum atomic E-state index is 11.6. The molecule has 19 heavy (non-hydrogen) atoms. The third kappa shape index (κ3) is 4.59. The first kappa shape index (κ1) is 15.0. The van der Waals surface area contributed by atoms with Gasteiger partial charge in [-0.05, 0) is 24.6 Å². The standard InChI is InChI=1S/C13H18N2O4/c1-3-19-13(17)11(14)12(16)15-8-9-4-6-10(18-2)7-5-9/h4-7,11H,3,8,14H2,1-2H3,(H,15,16). The Morgan fingerprint density at radius 3 is 2.47 bits per heavy atom. The van der Waals surface area contributed by atoms with Gasteiger partial charge in [0, 0.05) is 6.54 Å². The van der Waals surface area contributed by atoms with E-state index in [0.29, 0.717) is 0 Å². The fraction of sp³-hybridized carbons (Fsp3) is 0.385. The number of hydrogen-bond acceptors (Lipinski definition) is 5. The Morgan fingerprint density at radius 2 is 1.95 bits per heavy atom. The molecule has 1 aromatic carbocycles. The fourth-order valence-corrected chi connectivity index (χ4v) is 1.38. The van der Waals surface area contributed by atoms with Crippen molar-refractivity contribution in [3.63, 3.8) is 0 Å². The monoisotopic (exact) mass is 266 g/mol. The van der Waals surface area contributed by atoms with Crippen LogP contribution in [0.3, 0.4) is 0 Å². The molecule has 0 saturated heterocycles. The molecule has 1 amide bonds. The number of carbonyl (C=O) groups is 2. The minimum Gasteiger partial charge on any atom is -0.497 e. The van der Waals surface area contributed by atoms with Crippen molar-refractivity contribution in [1.29, 1.82) is 0 Å². The van der Waals surface area contributed by atoms with Crippen LogP contribution in [0.15, 0.2) is 24.3 Å². The van der Waals surface area contributed by atoms with Crippen LogP contribution < -0.4 is 15.8 Å². The highest BCUT2D eigenvalue weighted by atomic mass is 16.5. The van der Waals surface area contributed by atoms with Crippen LogP contribution in [0, 0.1) is 0 Å². The first-order valence-corrected chi connectivity index (χ1v) is 5.91. The largest absolute Gasteiger partial charge is 0.497 e. The summed E-state index contributed by atoms with van der Waals surface area (Å²) < 4.78 is 9.69. The van der Waals surface area contributed by atoms with Gasteiger partial charge in [0.15, 0.2) is 6.04 Å². The lowest BCUT2D eigenvalue weighted by atomic mass is 10.2. The Morgan fingerprint density at radius 1 is 1.32 bits per heavy atom. The lowest BCUT2D eigenvalue weighted by Gasteiger charge is -2.11. The van der Waals surface area contributed by atoms with Crippen LogP contribution in [0.25, 0.3) is 0 Å². The summed E-state index contributed by atoms with van der Waals surface area (Å²) in [7, 11) is 1.58. The zero-order chi connectivity index (χ0) is 14.3. The third-order valence-corrected chi connectivity index (χ3v) is 2.45. The van der Waals surface area contributed by atoms with Crippen LogP contribution in [0.1, 0.15) is 12.5 Å². The van der Waals surface area contributed by atoms with E-state index in [1.54, 1.807) is 26.2 Å². The third-order valence-electron chi connectivity index (χ3n) is 2.45. The molecule has 0 aromatic heterocycles. The predicted octanol–water partition coefficient (Wildman–Crippen LogP) is 0.202. The lowest BCUT2D eigenvalue weighted by Crippen LogP contribution is -2.46. The van der Waals surface area contributed by atoms with Gasteiger partial charge in [0.25, 0.3) is 0 Å². The summed E-state index contributed by atoms with van der Waals surface area (Å²) in [5.41, 5.74) is 6.33. The van der Waals surface area contributed by atoms with Crippen molar-refractivity contribution in [2.75, 3.05) is 13.7 Å². The molecule has 6 nitrogen and oxygen atoms in total. The van der Waals surface area contributed by atoms with Gasteiger partial charge in [-0.1, -0.05) is 12.1 Å². The topological polar surface area (TPSA) is 90.7 Å². The van der Waals surface area contributed by atoms with Gasteiger partial charge < -0.3 is 20.5 Å². The van der Waals surface area contributed by atoms with Crippen LogP contribution in [-0.4, -0.2) is 31.6 Å². The van der Waals surface area contributed by atoms with Crippen molar-refractivity contribution in [1.82, 2.24) is 5.32 Å². The van der Waals surface area contributed by atoms with Crippen LogP contribution >= 0.6 is 0 Å². The van der Waals surface area contributed by atoms with Crippen LogP contribution in [0.2, 0.25) is 0 Å². The quantitative estimate of drug-likeness (QED) is 0.567. The highest BCUT2D eigenvalue weighted by Gasteiger charge is 2.22. The molecular weight excluding hydrogens is 248 g/mol. The van der Waals surface area contributed by atoms with Gasteiger partial charge >= 0.3 is 5.97 Å². The van der Waals surface area contributed by atoms with Crippen LogP contribution in [0.4, 0.5) is 0 Å². The summed E-state index contributed by atoms with van der Waals surface area (Å²) in [6, 6.07) is 5.90. The van der Waals surface area contributed by atoms with Gasteiger partial charge in [-0.15, -0.1) is 0 Å². The Balaban J connectivity index is 2.46. The molecule has 1 unspecified atom stereocenters. The molecule has 1 atom stereocenters. The summed E-state index contributed by atoms with van der Waals surface area (Å²) in [5, 5.41) is 2.57. The molecule has 0 fully saturated rings. The van der Waals surface area contributed by atoms with E-state index >= 15 is 0 Å². The molecule has 1 rings (SSSR count). The van der Waals surface area contributed by atoms with E-state index in [0.717, 1.165) is 11.3 Å². The van der Waals surface area contributed by atoms with E-state index in [2.05, 4.69) is 10.1 Å². The van der Waals surface area contributed by atoms with Crippen LogP contribution in [-0.2, 0) is 20.9 Å². The van der Waals surface area contributed by atoms with Crippen molar-refractivity contribution >= 4 is 11.9 Å². The van der Waals surface area contributed by atoms with E-state index in [1.807, 2.05) is 12.1 Å². The second kappa shape index (κ2) is 7.38. The zero-order valence-corrected chi connectivity index (χ0v) is 11.0. The molecule has 6 heteroatoms. The molecule has 104 valence electrons. The fourth-order valence-electron chi connectivity index (χ4n) is 1.38. The molecule has 0 aliphatic heterocycles. The Labute approximate surface area is 111 Å². The SMILES string of the molecule is CCOC(=O)C(N)C(=O)NCc1ccc(OC)cc1. The van der Waals surface area contributed by atoms with Gasteiger partial charge in [0.1, 0.15) is 5.75 Å². The number of esters is 1. The number of methoxy groups -OCH3 is 1. The maximum Gasteiger partial charge on any atom is 0.332 e. The van der Waals surface area contributed by atoms with Crippen molar-refractivity contribution in [3.8, 4) is 5.75 Å². The molecule has 3 N–H and O–H groups in total. The normalized spacial score (nSPS) is 11.5. The molecule has 0 aliphatic rings. The highest BCUT2D eigenvalue weighted by Crippen LogP contribution is 2.10. The van der Waals surface area contributed by atoms with Crippen molar-refractivity contribution in [2.45, 2.75) is 19.5 Å². The molecule has 1 aromatic rings. The van der Waals surface area contributed by atoms with E-state index < -0.39 is 17.9 Å². The number of hydrogen-bond donors (Lipinski definition) is 2. The smallest absolute Gasteiger partial charge is 0.332 e. The summed E-state index contributed by atoms with van der Waals surface area (Å²) in [6.45, 7) is 2.13. The minimum atomic E-state index is -1.29. The van der Waals surface area contributed by atoms with E-state index in [9.17, 15) is 9.59 Å². The number of ether oxygens (including phenoxy) is 2. The first-order chi connectivity index (χ1) is 9.08. The van der Waals surface area contributed by atoms with Crippen molar-refractivity contribution < 1.29 is 19.1 Å². The zero-order valence-electron chi connectivity index (χ0n) is 11.0. The first-order valence-electron chi connectivity index (χ1n) is 5.91. The second-order valence-corrected chi connectivity index (χ2v) is 3.80. The van der Waals surface area contributed by atoms with Gasteiger partial charge in [0.05, 0.1) is 13.7 Å². The van der Waals surface area contributed by atoms with Gasteiger partial charge in [-0.25, -0.2) is 4.79 Å². The number of amides is 1. The molecule has 0 aliphatic carbocycles. The van der Waals surface area contributed by atoms with Gasteiger partial charge in [-0.3, -0.25) is 4.79 Å². The lowest BCUT2D eigenvalue weighted by molar-refractivity contribution is -0.148. The summed E-state index contributed by atoms with van der Waals surface area (Å²) >= 11 is 0. The summed E-state index contributed by atoms with van der Waals surface area (Å²) in [4.78, 5) is 22.8. The average Bonchev–Trinajstić information content (AvgIpc) is 2.44. The van der Waals surface area contributed by atoms with Gasteiger partial charge in [-0.2, -0.15) is 0 Å². The molecule has 0 heterocycles. The number of benzene rings is 1. The molecule has 0 saturated carbocycles. The number of nitrogens with two attached hydrogens (primary N) is 1. The van der Waals surface area contributed by atoms with E-state index in [1.165, 1.54) is 0 Å². The van der Waals surface area contributed by atoms with Crippen LogP contribution in [0.5, 0.6) is 5.75 Å². The van der Waals surface area contributed by atoms with E-state index in [-0.39, 0.29) is 13.2 Å². The molecular formula is C13H18N2O4. The second-order valence-electron chi connectivity index (χ2n) is 3.80. The molecule has 0 bridgehead atoms. The molecule has 0 radical (unpaired) electrons. The Hall–Kier alpha value is -2.08. The summed E-state index contributed by atoms with van der Waals surface area (Å²) in [5.74, 6) is -0.553.